The van der Waals surface area contributed by atoms with E-state index in [0.717, 1.165) is 6.07 Å². The number of phenolic OH excluding ortho intramolecular Hbond substituents is 1. The van der Waals surface area contributed by atoms with E-state index in [-0.39, 0.29) is 17.1 Å². The van der Waals surface area contributed by atoms with Crippen LogP contribution in [0.1, 0.15) is 11.1 Å². The van der Waals surface area contributed by atoms with Crippen LogP contribution in [0.2, 0.25) is 0 Å². The van der Waals surface area contributed by atoms with Gasteiger partial charge in [-0.3, -0.25) is 4.55 Å². The molecule has 2 N–H and O–H groups in total. The number of aromatic hydroxyl groups is 1. The number of fused-ring (bicyclic) bond motifs is 1. The van der Waals surface area contributed by atoms with E-state index in [1.165, 1.54) is 18.2 Å². The molecule has 1 aromatic rings. The number of rotatable bonds is 1. The van der Waals surface area contributed by atoms with Gasteiger partial charge in [-0.25, -0.2) is 0 Å². The molecule has 7 heteroatoms. The molecule has 0 heterocycles. The fourth-order valence-corrected chi connectivity index (χ4v) is 2.21. The van der Waals surface area contributed by atoms with Gasteiger partial charge in [0.25, 0.3) is 15.8 Å². The Labute approximate surface area is 97.2 Å². The number of hydrogen-bond acceptors (Lipinski definition) is 3. The molecule has 1 aliphatic carbocycles. The molecule has 6 nitrogen and oxygen atoms in total. The van der Waals surface area contributed by atoms with Gasteiger partial charge in [0.05, 0.1) is 11.3 Å². The average molecular weight is 252 g/mol. The first kappa shape index (κ1) is 11.5. The zero-order chi connectivity index (χ0) is 12.6. The van der Waals surface area contributed by atoms with Gasteiger partial charge in [0, 0.05) is 17.7 Å². The molecule has 0 fully saturated rings. The van der Waals surface area contributed by atoms with Crippen molar-refractivity contribution in [3.8, 4) is 5.75 Å². The third-order valence-corrected chi connectivity index (χ3v) is 3.29. The van der Waals surface area contributed by atoms with E-state index in [1.54, 1.807) is 0 Å². The SMILES string of the molecule is [N-]=[N+]=C1C=Cc2c(O)cc(S(=O)(=O)O)cc2C1. The van der Waals surface area contributed by atoms with Gasteiger partial charge in [0.15, 0.2) is 0 Å². The fraction of sp³-hybridized carbons (Fsp3) is 0.100. The summed E-state index contributed by atoms with van der Waals surface area (Å²) >= 11 is 0. The molecule has 0 aliphatic heterocycles. The van der Waals surface area contributed by atoms with Crippen LogP contribution in [-0.2, 0) is 16.5 Å². The lowest BCUT2D eigenvalue weighted by atomic mass is 9.95. The Morgan fingerprint density at radius 3 is 2.59 bits per heavy atom. The molecule has 1 aromatic carbocycles. The Hall–Kier alpha value is -1.95. The Morgan fingerprint density at radius 2 is 2.00 bits per heavy atom. The van der Waals surface area contributed by atoms with E-state index in [1.807, 2.05) is 0 Å². The second kappa shape index (κ2) is 3.81. The summed E-state index contributed by atoms with van der Waals surface area (Å²) in [6, 6.07) is 2.21. The second-order valence-corrected chi connectivity index (χ2v) is 5.01. The lowest BCUT2D eigenvalue weighted by molar-refractivity contribution is -0.00554. The largest absolute Gasteiger partial charge is 0.507 e. The maximum atomic E-state index is 11.0. The Bertz CT molecular complexity index is 670. The summed E-state index contributed by atoms with van der Waals surface area (Å²) in [6.07, 6.45) is 3.20. The van der Waals surface area contributed by atoms with Crippen LogP contribution in [0.3, 0.4) is 0 Å². The molecule has 0 saturated carbocycles. The molecule has 0 spiro atoms. The molecule has 0 bridgehead atoms. The van der Waals surface area contributed by atoms with Gasteiger partial charge in [-0.05, 0) is 17.7 Å². The smallest absolute Gasteiger partial charge is 0.296 e. The van der Waals surface area contributed by atoms with Crippen molar-refractivity contribution >= 4 is 21.9 Å². The second-order valence-electron chi connectivity index (χ2n) is 3.59. The van der Waals surface area contributed by atoms with E-state index in [0.29, 0.717) is 16.8 Å². The molecule has 88 valence electrons. The van der Waals surface area contributed by atoms with Gasteiger partial charge in [-0.15, -0.1) is 0 Å². The molecule has 0 radical (unpaired) electrons. The van der Waals surface area contributed by atoms with Crippen molar-refractivity contribution in [3.63, 3.8) is 0 Å². The number of hydrogen-bond donors (Lipinski definition) is 2. The van der Waals surface area contributed by atoms with Gasteiger partial charge in [0.1, 0.15) is 5.75 Å². The molecular weight excluding hydrogens is 244 g/mol. The Kier molecular flexibility index (Phi) is 2.59. The van der Waals surface area contributed by atoms with Gasteiger partial charge in [-0.2, -0.15) is 13.2 Å². The van der Waals surface area contributed by atoms with Crippen molar-refractivity contribution in [2.75, 3.05) is 0 Å². The highest BCUT2D eigenvalue weighted by molar-refractivity contribution is 7.85. The fourth-order valence-electron chi connectivity index (χ4n) is 1.66. The molecule has 0 saturated heterocycles. The summed E-state index contributed by atoms with van der Waals surface area (Å²) in [5, 5.41) is 9.63. The Balaban J connectivity index is 2.67. The van der Waals surface area contributed by atoms with Crippen LogP contribution in [0, 0.1) is 0 Å². The lowest BCUT2D eigenvalue weighted by Crippen LogP contribution is -2.09. The molecule has 0 unspecified atom stereocenters. The predicted octanol–water partition coefficient (Wildman–Crippen LogP) is 0.879. The van der Waals surface area contributed by atoms with Crippen molar-refractivity contribution in [1.29, 1.82) is 0 Å². The van der Waals surface area contributed by atoms with E-state index in [9.17, 15) is 13.5 Å². The van der Waals surface area contributed by atoms with E-state index in [4.69, 9.17) is 10.1 Å². The molecular formula is C10H8N2O4S. The summed E-state index contributed by atoms with van der Waals surface area (Å²) in [5.41, 5.74) is 9.87. The van der Waals surface area contributed by atoms with Crippen molar-refractivity contribution in [3.05, 3.63) is 34.9 Å². The van der Waals surface area contributed by atoms with Crippen LogP contribution in [0.4, 0.5) is 0 Å². The minimum absolute atomic E-state index is 0.180. The van der Waals surface area contributed by atoms with Crippen LogP contribution in [0.25, 0.3) is 11.6 Å². The average Bonchev–Trinajstić information content (AvgIpc) is 2.27. The quantitative estimate of drug-likeness (QED) is 0.439. The predicted molar refractivity (Wildman–Crippen MR) is 59.3 cm³/mol. The van der Waals surface area contributed by atoms with Crippen molar-refractivity contribution in [2.24, 2.45) is 0 Å². The minimum atomic E-state index is -4.37. The maximum Gasteiger partial charge on any atom is 0.296 e. The summed E-state index contributed by atoms with van der Waals surface area (Å²) in [5.74, 6) is -0.247. The van der Waals surface area contributed by atoms with E-state index in [2.05, 4.69) is 4.79 Å². The highest BCUT2D eigenvalue weighted by Gasteiger charge is 2.21. The summed E-state index contributed by atoms with van der Waals surface area (Å²) < 4.78 is 30.8. The molecule has 0 aromatic heterocycles. The molecule has 1 aliphatic rings. The first-order chi connectivity index (χ1) is 7.91. The standard InChI is InChI=1S/C10H8N2O4S/c11-12-7-1-2-9-6(3-7)4-8(5-10(9)13)17(14,15)16/h1-2,4-5,13H,3H2,(H,14,15,16). The van der Waals surface area contributed by atoms with E-state index >= 15 is 0 Å². The van der Waals surface area contributed by atoms with Gasteiger partial charge in [0.2, 0.25) is 0 Å². The van der Waals surface area contributed by atoms with Crippen molar-refractivity contribution in [1.82, 2.24) is 0 Å². The topological polar surface area (TPSA) is 111 Å². The minimum Gasteiger partial charge on any atom is -0.507 e. The summed E-state index contributed by atoms with van der Waals surface area (Å²) in [7, 11) is -4.37. The lowest BCUT2D eigenvalue weighted by Gasteiger charge is -2.11. The van der Waals surface area contributed by atoms with Crippen LogP contribution in [0.15, 0.2) is 23.1 Å². The molecule has 2 rings (SSSR count). The molecule has 0 amide bonds. The summed E-state index contributed by atoms with van der Waals surface area (Å²) in [4.78, 5) is 2.62. The number of phenols is 1. The van der Waals surface area contributed by atoms with Crippen LogP contribution < -0.4 is 0 Å². The Morgan fingerprint density at radius 1 is 1.29 bits per heavy atom. The zero-order valence-electron chi connectivity index (χ0n) is 8.53. The van der Waals surface area contributed by atoms with Crippen molar-refractivity contribution in [2.45, 2.75) is 11.3 Å². The van der Waals surface area contributed by atoms with Gasteiger partial charge < -0.3 is 10.6 Å². The number of allylic oxidation sites excluding steroid dienone is 1. The van der Waals surface area contributed by atoms with Gasteiger partial charge >= 0.3 is 0 Å². The van der Waals surface area contributed by atoms with Crippen LogP contribution in [-0.4, -0.2) is 28.6 Å². The zero-order valence-corrected chi connectivity index (χ0v) is 9.35. The normalized spacial score (nSPS) is 14.3. The van der Waals surface area contributed by atoms with Crippen LogP contribution >= 0.6 is 0 Å². The van der Waals surface area contributed by atoms with Crippen LogP contribution in [0.5, 0.6) is 5.75 Å². The molecule has 0 atom stereocenters. The van der Waals surface area contributed by atoms with Crippen molar-refractivity contribution < 1.29 is 22.9 Å². The highest BCUT2D eigenvalue weighted by Crippen LogP contribution is 2.30. The first-order valence-electron chi connectivity index (χ1n) is 4.64. The van der Waals surface area contributed by atoms with E-state index < -0.39 is 10.1 Å². The highest BCUT2D eigenvalue weighted by atomic mass is 32.2. The van der Waals surface area contributed by atoms with Gasteiger partial charge in [-0.1, -0.05) is 0 Å². The first-order valence-corrected chi connectivity index (χ1v) is 6.08. The third-order valence-electron chi connectivity index (χ3n) is 2.46. The monoisotopic (exact) mass is 252 g/mol. The maximum absolute atomic E-state index is 11.0. The number of benzene rings is 1. The number of nitrogens with zero attached hydrogens (tertiary/aromatic N) is 2. The third kappa shape index (κ3) is 2.12. The molecule has 17 heavy (non-hydrogen) atoms. The summed E-state index contributed by atoms with van der Waals surface area (Å²) in [6.45, 7) is 0.